The lowest BCUT2D eigenvalue weighted by Gasteiger charge is -2.30. The van der Waals surface area contributed by atoms with Crippen molar-refractivity contribution >= 4 is 49.6 Å². The summed E-state index contributed by atoms with van der Waals surface area (Å²) in [5.74, 6) is 0. The number of aromatic nitrogens is 1. The Hall–Kier alpha value is -7.16. The molecule has 0 fully saturated rings. The van der Waals surface area contributed by atoms with E-state index in [0.29, 0.717) is 0 Å². The van der Waals surface area contributed by atoms with E-state index < -0.39 is 0 Å². The van der Waals surface area contributed by atoms with Crippen LogP contribution in [0.3, 0.4) is 0 Å². The number of para-hydroxylation sites is 4. The second kappa shape index (κ2) is 15.4. The van der Waals surface area contributed by atoms with Crippen molar-refractivity contribution in [3.63, 3.8) is 0 Å². The topological polar surface area (TPSA) is 8.17 Å². The van der Waals surface area contributed by atoms with E-state index in [0.717, 1.165) is 28.3 Å². The molecule has 2 nitrogen and oxygen atoms in total. The minimum Gasteiger partial charge on any atom is -0.308 e. The van der Waals surface area contributed by atoms with Gasteiger partial charge in [0.15, 0.2) is 0 Å². The van der Waals surface area contributed by atoms with E-state index in [1.165, 1.54) is 71.6 Å². The van der Waals surface area contributed by atoms with Crippen molar-refractivity contribution < 1.29 is 0 Å². The van der Waals surface area contributed by atoms with Crippen molar-refractivity contribution in [2.24, 2.45) is 0 Å². The molecule has 0 aliphatic rings. The Kier molecular flexibility index (Phi) is 9.68. The molecule has 0 saturated carbocycles. The van der Waals surface area contributed by atoms with Crippen LogP contribution in [0.15, 0.2) is 206 Å². The molecule has 9 aromatic carbocycles. The maximum atomic E-state index is 2.49. The van der Waals surface area contributed by atoms with Crippen molar-refractivity contribution in [2.75, 3.05) is 4.90 Å². The first-order valence-corrected chi connectivity index (χ1v) is 21.9. The molecule has 10 rings (SSSR count). The number of rotatable bonds is 7. The summed E-state index contributed by atoms with van der Waals surface area (Å²) in [7, 11) is 0. The lowest BCUT2D eigenvalue weighted by molar-refractivity contribution is 0.569. The third-order valence-corrected chi connectivity index (χ3v) is 12.5. The smallest absolute Gasteiger partial charge is 0.0782 e. The summed E-state index contributed by atoms with van der Waals surface area (Å²) in [5.41, 5.74) is 16.7. The van der Waals surface area contributed by atoms with Crippen molar-refractivity contribution in [1.82, 2.24) is 4.57 Å². The van der Waals surface area contributed by atoms with Crippen LogP contribution >= 0.6 is 0 Å². The number of nitrogens with zero attached hydrogens (tertiary/aromatic N) is 2. The molecule has 0 saturated heterocycles. The number of benzene rings is 9. The second-order valence-corrected chi connectivity index (χ2v) is 18.6. The molecular weight excluding hydrogens is 749 g/mol. The first-order valence-electron chi connectivity index (χ1n) is 21.9. The first-order chi connectivity index (χ1) is 30.0. The lowest BCUT2D eigenvalue weighted by atomic mass is 9.78. The molecule has 1 heterocycles. The van der Waals surface area contributed by atoms with Gasteiger partial charge in [0, 0.05) is 27.7 Å². The van der Waals surface area contributed by atoms with Crippen LogP contribution < -0.4 is 4.90 Å². The zero-order chi connectivity index (χ0) is 42.6. The van der Waals surface area contributed by atoms with Crippen LogP contribution in [0.1, 0.15) is 52.7 Å². The van der Waals surface area contributed by atoms with Gasteiger partial charge >= 0.3 is 0 Å². The summed E-state index contributed by atoms with van der Waals surface area (Å²) in [5, 5.41) is 4.92. The summed E-state index contributed by atoms with van der Waals surface area (Å²) >= 11 is 0. The molecule has 0 aliphatic heterocycles. The number of hydrogen-bond donors (Lipinski definition) is 0. The SMILES string of the molecule is CC(C)(C)c1cc(-c2cccc3cccc(-c4ccccc4N(c4ccc(-c5ccccc5)cc4)c4cccc5c6ccccc6n(-c6ccccc6)c45)c23)cc(C(C)(C)C)c1. The summed E-state index contributed by atoms with van der Waals surface area (Å²) in [4.78, 5) is 2.49. The Morgan fingerprint density at radius 2 is 0.919 bits per heavy atom. The van der Waals surface area contributed by atoms with Gasteiger partial charge in [0.1, 0.15) is 0 Å². The fourth-order valence-corrected chi connectivity index (χ4v) is 9.22. The molecule has 0 unspecified atom stereocenters. The standard InChI is InChI=1S/C60H52N2/c1-59(2,3)45-38-44(39-46(40-45)60(4,5)6)49-28-17-22-43-23-18-29-52(57(43)49)50-26-13-15-31-54(50)61(48-36-34-42(35-37-48)41-20-9-7-10-21-41)56-33-19-30-53-51-27-14-16-32-55(51)62(58(53)56)47-24-11-8-12-25-47/h7-40H,1-6H3. The summed E-state index contributed by atoms with van der Waals surface area (Å²) < 4.78 is 2.44. The molecule has 2 heteroatoms. The van der Waals surface area contributed by atoms with Crippen molar-refractivity contribution in [3.8, 4) is 39.1 Å². The molecule has 0 bridgehead atoms. The van der Waals surface area contributed by atoms with Gasteiger partial charge < -0.3 is 9.47 Å². The molecule has 10 aromatic rings. The highest BCUT2D eigenvalue weighted by Crippen LogP contribution is 2.48. The van der Waals surface area contributed by atoms with E-state index in [-0.39, 0.29) is 10.8 Å². The molecule has 0 radical (unpaired) electrons. The molecule has 0 spiro atoms. The highest BCUT2D eigenvalue weighted by atomic mass is 15.2. The van der Waals surface area contributed by atoms with E-state index >= 15 is 0 Å². The molecule has 302 valence electrons. The van der Waals surface area contributed by atoms with Crippen molar-refractivity contribution in [2.45, 2.75) is 52.4 Å². The van der Waals surface area contributed by atoms with Gasteiger partial charge in [0.25, 0.3) is 0 Å². The summed E-state index contributed by atoms with van der Waals surface area (Å²) in [6, 6.07) is 76.0. The maximum Gasteiger partial charge on any atom is 0.0782 e. The minimum absolute atomic E-state index is 0.00415. The van der Waals surface area contributed by atoms with E-state index in [9.17, 15) is 0 Å². The van der Waals surface area contributed by atoms with E-state index in [1.54, 1.807) is 0 Å². The van der Waals surface area contributed by atoms with Gasteiger partial charge in [0.2, 0.25) is 0 Å². The van der Waals surface area contributed by atoms with Gasteiger partial charge in [-0.3, -0.25) is 0 Å². The van der Waals surface area contributed by atoms with Gasteiger partial charge in [-0.2, -0.15) is 0 Å². The number of anilines is 3. The summed E-state index contributed by atoms with van der Waals surface area (Å²) in [6.07, 6.45) is 0. The van der Waals surface area contributed by atoms with E-state index in [4.69, 9.17) is 0 Å². The van der Waals surface area contributed by atoms with Crippen LogP contribution in [0, 0.1) is 0 Å². The second-order valence-electron chi connectivity index (χ2n) is 18.6. The fraction of sp³-hybridized carbons (Fsp3) is 0.133. The molecule has 0 atom stereocenters. The molecule has 62 heavy (non-hydrogen) atoms. The Morgan fingerprint density at radius 1 is 0.387 bits per heavy atom. The van der Waals surface area contributed by atoms with Crippen LogP contribution in [-0.4, -0.2) is 4.57 Å². The van der Waals surface area contributed by atoms with Gasteiger partial charge in [-0.25, -0.2) is 0 Å². The molecular formula is C60H52N2. The zero-order valence-corrected chi connectivity index (χ0v) is 36.5. The third-order valence-electron chi connectivity index (χ3n) is 12.5. The first kappa shape index (κ1) is 39.0. The van der Waals surface area contributed by atoms with Crippen molar-refractivity contribution in [3.05, 3.63) is 217 Å². The van der Waals surface area contributed by atoms with Gasteiger partial charge in [0.05, 0.1) is 22.4 Å². The average Bonchev–Trinajstić information content (AvgIpc) is 3.64. The molecule has 1 aromatic heterocycles. The third kappa shape index (κ3) is 6.96. The average molecular weight is 801 g/mol. The Morgan fingerprint density at radius 3 is 1.61 bits per heavy atom. The van der Waals surface area contributed by atoms with E-state index in [2.05, 4.69) is 257 Å². The normalized spacial score (nSPS) is 12.0. The Balaban J connectivity index is 1.27. The van der Waals surface area contributed by atoms with Crippen LogP contribution in [0.5, 0.6) is 0 Å². The lowest BCUT2D eigenvalue weighted by Crippen LogP contribution is -2.16. The van der Waals surface area contributed by atoms with Gasteiger partial charge in [-0.05, 0) is 103 Å². The monoisotopic (exact) mass is 800 g/mol. The largest absolute Gasteiger partial charge is 0.308 e. The Labute approximate surface area is 366 Å². The molecule has 0 amide bonds. The van der Waals surface area contributed by atoms with Crippen LogP contribution in [0.25, 0.3) is 71.6 Å². The quantitative estimate of drug-likeness (QED) is 0.156. The minimum atomic E-state index is -0.00415. The Bertz CT molecular complexity index is 3190. The van der Waals surface area contributed by atoms with Gasteiger partial charge in [-0.15, -0.1) is 0 Å². The zero-order valence-electron chi connectivity index (χ0n) is 36.5. The van der Waals surface area contributed by atoms with E-state index in [1.807, 2.05) is 0 Å². The highest BCUT2D eigenvalue weighted by molar-refractivity contribution is 6.15. The van der Waals surface area contributed by atoms with Gasteiger partial charge in [-0.1, -0.05) is 205 Å². The van der Waals surface area contributed by atoms with Crippen LogP contribution in [-0.2, 0) is 10.8 Å². The summed E-state index contributed by atoms with van der Waals surface area (Å²) in [6.45, 7) is 13.9. The fourth-order valence-electron chi connectivity index (χ4n) is 9.22. The number of hydrogen-bond acceptors (Lipinski definition) is 1. The highest BCUT2D eigenvalue weighted by Gasteiger charge is 2.26. The predicted octanol–water partition coefficient (Wildman–Crippen LogP) is 17.0. The predicted molar refractivity (Wildman–Crippen MR) is 267 cm³/mol. The van der Waals surface area contributed by atoms with Crippen molar-refractivity contribution in [1.29, 1.82) is 0 Å². The van der Waals surface area contributed by atoms with Crippen LogP contribution in [0.2, 0.25) is 0 Å². The molecule has 0 N–H and O–H groups in total. The maximum absolute atomic E-state index is 2.49. The number of fused-ring (bicyclic) bond motifs is 4. The molecule has 0 aliphatic carbocycles. The van der Waals surface area contributed by atoms with Crippen LogP contribution in [0.4, 0.5) is 17.1 Å².